The van der Waals surface area contributed by atoms with Crippen molar-refractivity contribution in [3.63, 3.8) is 0 Å². The first-order chi connectivity index (χ1) is 12.0. The third-order valence-electron chi connectivity index (χ3n) is 3.81. The van der Waals surface area contributed by atoms with Crippen molar-refractivity contribution in [1.29, 1.82) is 0 Å². The van der Waals surface area contributed by atoms with Crippen LogP contribution in [0.1, 0.15) is 26.3 Å². The van der Waals surface area contributed by atoms with Crippen molar-refractivity contribution < 1.29 is 14.3 Å². The maximum atomic E-state index is 12.4. The third kappa shape index (κ3) is 5.08. The Hall–Kier alpha value is -2.82. The van der Waals surface area contributed by atoms with E-state index in [1.54, 1.807) is 24.3 Å². The van der Waals surface area contributed by atoms with Crippen LogP contribution in [-0.2, 0) is 16.0 Å². The van der Waals surface area contributed by atoms with Crippen LogP contribution in [0.5, 0.6) is 5.75 Å². The lowest BCUT2D eigenvalue weighted by Crippen LogP contribution is -2.36. The summed E-state index contributed by atoms with van der Waals surface area (Å²) in [4.78, 5) is 25.8. The summed E-state index contributed by atoms with van der Waals surface area (Å²) >= 11 is 0. The lowest BCUT2D eigenvalue weighted by Gasteiger charge is -2.21. The van der Waals surface area contributed by atoms with Crippen LogP contribution in [-0.4, -0.2) is 25.0 Å². The molecule has 0 heterocycles. The quantitative estimate of drug-likeness (QED) is 0.837. The number of carbonyl (C=O) groups excluding carboxylic acids is 2. The van der Waals surface area contributed by atoms with Crippen molar-refractivity contribution in [3.8, 4) is 5.75 Å². The van der Waals surface area contributed by atoms with Crippen LogP contribution in [0.3, 0.4) is 0 Å². The number of para-hydroxylation sites is 1. The van der Waals surface area contributed by atoms with E-state index in [-0.39, 0.29) is 18.4 Å². The van der Waals surface area contributed by atoms with Gasteiger partial charge in [-0.15, -0.1) is 0 Å². The molecule has 0 bridgehead atoms. The van der Waals surface area contributed by atoms with E-state index in [0.29, 0.717) is 12.3 Å². The number of nitrogens with one attached hydrogen (secondary N) is 1. The van der Waals surface area contributed by atoms with Crippen LogP contribution in [0, 0.1) is 0 Å². The maximum absolute atomic E-state index is 12.4. The molecule has 0 atom stereocenters. The van der Waals surface area contributed by atoms with Gasteiger partial charge in [0.1, 0.15) is 12.3 Å². The van der Waals surface area contributed by atoms with Gasteiger partial charge >= 0.3 is 0 Å². The zero-order valence-electron chi connectivity index (χ0n) is 14.9. The summed E-state index contributed by atoms with van der Waals surface area (Å²) in [7, 11) is 0. The zero-order valence-corrected chi connectivity index (χ0v) is 14.9. The number of amides is 2. The van der Waals surface area contributed by atoms with Gasteiger partial charge in [-0.25, -0.2) is 0 Å². The van der Waals surface area contributed by atoms with E-state index in [4.69, 9.17) is 4.74 Å². The average molecular weight is 340 g/mol. The first-order valence-corrected chi connectivity index (χ1v) is 8.43. The first-order valence-electron chi connectivity index (χ1n) is 8.43. The minimum Gasteiger partial charge on any atom is -0.494 e. The van der Waals surface area contributed by atoms with Crippen molar-refractivity contribution in [3.05, 3.63) is 54.1 Å². The highest BCUT2D eigenvalue weighted by molar-refractivity contribution is 6.02. The van der Waals surface area contributed by atoms with Crippen LogP contribution in [0.25, 0.3) is 0 Å². The van der Waals surface area contributed by atoms with Crippen LogP contribution >= 0.6 is 0 Å². The molecule has 0 saturated carbocycles. The van der Waals surface area contributed by atoms with Crippen molar-refractivity contribution in [2.24, 2.45) is 0 Å². The largest absolute Gasteiger partial charge is 0.494 e. The topological polar surface area (TPSA) is 58.6 Å². The molecule has 0 unspecified atom stereocenters. The van der Waals surface area contributed by atoms with Gasteiger partial charge in [0.15, 0.2) is 0 Å². The molecule has 0 aromatic heterocycles. The Balaban J connectivity index is 2.10. The van der Waals surface area contributed by atoms with Gasteiger partial charge in [0.25, 0.3) is 0 Å². The molecule has 132 valence electrons. The molecule has 25 heavy (non-hydrogen) atoms. The Morgan fingerprint density at radius 1 is 1.04 bits per heavy atom. The molecule has 0 radical (unpaired) electrons. The average Bonchev–Trinajstić information content (AvgIpc) is 2.61. The van der Waals surface area contributed by atoms with Gasteiger partial charge in [-0.05, 0) is 49.2 Å². The summed E-state index contributed by atoms with van der Waals surface area (Å²) in [6.45, 7) is 5.93. The molecule has 5 heteroatoms. The Labute approximate surface area is 148 Å². The van der Waals surface area contributed by atoms with E-state index in [0.717, 1.165) is 23.4 Å². The molecule has 5 nitrogen and oxygen atoms in total. The van der Waals surface area contributed by atoms with Crippen molar-refractivity contribution in [2.45, 2.75) is 27.2 Å². The summed E-state index contributed by atoms with van der Waals surface area (Å²) in [6, 6.07) is 14.8. The molecule has 2 aromatic carbocycles. The fourth-order valence-corrected chi connectivity index (χ4v) is 2.56. The second-order valence-electron chi connectivity index (χ2n) is 5.59. The highest BCUT2D eigenvalue weighted by Crippen LogP contribution is 2.20. The molecular weight excluding hydrogens is 316 g/mol. The summed E-state index contributed by atoms with van der Waals surface area (Å²) in [5.74, 6) is 0.309. The number of benzene rings is 2. The molecule has 0 fully saturated rings. The molecular formula is C20H24N2O3. The maximum Gasteiger partial charge on any atom is 0.244 e. The number of ether oxygens (including phenoxy) is 1. The predicted molar refractivity (Wildman–Crippen MR) is 100 cm³/mol. The summed E-state index contributed by atoms with van der Waals surface area (Å²) in [5, 5.41) is 2.89. The molecule has 1 N–H and O–H groups in total. The van der Waals surface area contributed by atoms with Gasteiger partial charge in [-0.3, -0.25) is 9.59 Å². The second-order valence-corrected chi connectivity index (χ2v) is 5.59. The monoisotopic (exact) mass is 340 g/mol. The van der Waals surface area contributed by atoms with Gasteiger partial charge in [0, 0.05) is 18.3 Å². The zero-order chi connectivity index (χ0) is 18.2. The number of hydrogen-bond acceptors (Lipinski definition) is 3. The lowest BCUT2D eigenvalue weighted by atomic mass is 10.1. The minimum absolute atomic E-state index is 0.0403. The first kappa shape index (κ1) is 18.5. The molecule has 2 amide bonds. The molecule has 2 rings (SSSR count). The van der Waals surface area contributed by atoms with Crippen molar-refractivity contribution in [1.82, 2.24) is 0 Å². The van der Waals surface area contributed by atoms with Gasteiger partial charge in [-0.2, -0.15) is 0 Å². The summed E-state index contributed by atoms with van der Waals surface area (Å²) < 4.78 is 5.40. The fraction of sp³-hybridized carbons (Fsp3) is 0.300. The van der Waals surface area contributed by atoms with E-state index >= 15 is 0 Å². The molecule has 0 aliphatic carbocycles. The van der Waals surface area contributed by atoms with Gasteiger partial charge < -0.3 is 15.0 Å². The summed E-state index contributed by atoms with van der Waals surface area (Å²) in [6.07, 6.45) is 0.825. The van der Waals surface area contributed by atoms with Gasteiger partial charge in [0.05, 0.1) is 6.61 Å². The van der Waals surface area contributed by atoms with Crippen LogP contribution < -0.4 is 15.0 Å². The Morgan fingerprint density at radius 3 is 2.32 bits per heavy atom. The van der Waals surface area contributed by atoms with E-state index in [9.17, 15) is 9.59 Å². The highest BCUT2D eigenvalue weighted by Gasteiger charge is 2.16. The minimum atomic E-state index is -0.231. The smallest absolute Gasteiger partial charge is 0.244 e. The molecule has 0 saturated heterocycles. The number of aryl methyl sites for hydroxylation is 1. The number of hydrogen-bond donors (Lipinski definition) is 1. The Kier molecular flexibility index (Phi) is 6.57. The normalized spacial score (nSPS) is 10.2. The Morgan fingerprint density at radius 2 is 1.72 bits per heavy atom. The van der Waals surface area contributed by atoms with E-state index in [1.807, 2.05) is 38.1 Å². The standard InChI is InChI=1S/C20H24N2O3/c1-4-16-8-6-7-9-19(16)21-20(24)14-22(15(3)23)17-10-12-18(13-11-17)25-5-2/h6-13H,4-5,14H2,1-3H3,(H,21,24). The highest BCUT2D eigenvalue weighted by atomic mass is 16.5. The van der Waals surface area contributed by atoms with Crippen molar-refractivity contribution >= 4 is 23.2 Å². The van der Waals surface area contributed by atoms with Crippen molar-refractivity contribution in [2.75, 3.05) is 23.4 Å². The number of carbonyl (C=O) groups is 2. The van der Waals surface area contributed by atoms with Crippen LogP contribution in [0.2, 0.25) is 0 Å². The SMILES string of the molecule is CCOc1ccc(N(CC(=O)Nc2ccccc2CC)C(C)=O)cc1. The molecule has 0 aliphatic rings. The predicted octanol–water partition coefficient (Wildman–Crippen LogP) is 3.64. The number of anilines is 2. The van der Waals surface area contributed by atoms with E-state index in [2.05, 4.69) is 5.32 Å². The van der Waals surface area contributed by atoms with Crippen LogP contribution in [0.4, 0.5) is 11.4 Å². The second kappa shape index (κ2) is 8.87. The number of nitrogens with zero attached hydrogens (tertiary/aromatic N) is 1. The molecule has 0 aliphatic heterocycles. The van der Waals surface area contributed by atoms with E-state index < -0.39 is 0 Å². The Bertz CT molecular complexity index is 726. The number of rotatable bonds is 7. The van der Waals surface area contributed by atoms with Crippen LogP contribution in [0.15, 0.2) is 48.5 Å². The third-order valence-corrected chi connectivity index (χ3v) is 3.81. The van der Waals surface area contributed by atoms with Gasteiger partial charge in [-0.1, -0.05) is 25.1 Å². The molecule has 2 aromatic rings. The lowest BCUT2D eigenvalue weighted by molar-refractivity contribution is -0.120. The molecule has 0 spiro atoms. The van der Waals surface area contributed by atoms with Gasteiger partial charge in [0.2, 0.25) is 11.8 Å². The summed E-state index contributed by atoms with van der Waals surface area (Å²) in [5.41, 5.74) is 2.51. The van der Waals surface area contributed by atoms with E-state index in [1.165, 1.54) is 11.8 Å². The fourth-order valence-electron chi connectivity index (χ4n) is 2.56.